The molecule has 0 amide bonds. The van der Waals surface area contributed by atoms with Gasteiger partial charge in [0, 0.05) is 0 Å². The minimum atomic E-state index is -1.08. The monoisotopic (exact) mass is 236 g/mol. The van der Waals surface area contributed by atoms with E-state index in [4.69, 9.17) is 9.84 Å². The van der Waals surface area contributed by atoms with Gasteiger partial charge >= 0.3 is 5.97 Å². The molecule has 1 aromatic heterocycles. The average Bonchev–Trinajstić information content (AvgIpc) is 2.58. The van der Waals surface area contributed by atoms with Crippen molar-refractivity contribution in [2.24, 2.45) is 0 Å². The molecule has 1 heterocycles. The number of aromatic carboxylic acids is 1. The quantitative estimate of drug-likeness (QED) is 0.815. The molecule has 5 nitrogen and oxygen atoms in total. The van der Waals surface area contributed by atoms with Crippen LogP contribution >= 0.6 is 0 Å². The predicted octanol–water partition coefficient (Wildman–Crippen LogP) is 2.28. The number of carboxylic acids is 1. The third-order valence-corrected chi connectivity index (χ3v) is 2.92. The lowest BCUT2D eigenvalue weighted by atomic mass is 10.1. The first-order chi connectivity index (χ1) is 8.25. The first-order valence-electron chi connectivity index (χ1n) is 5.98. The number of hydrogen-bond acceptors (Lipinski definition) is 4. The maximum absolute atomic E-state index is 10.7. The number of ether oxygens (including phenoxy) is 1. The molecule has 5 heteroatoms. The standard InChI is InChI=1S/C12H16N2O3/c15-12(16)10-7-13-8-11(14-10)17-9-5-3-1-2-4-6-9/h7-9H,1-6H2,(H,15,16). The Morgan fingerprint density at radius 1 is 1.24 bits per heavy atom. The molecular formula is C12H16N2O3. The molecular weight excluding hydrogens is 220 g/mol. The number of nitrogens with zero attached hydrogens (tertiary/aromatic N) is 2. The van der Waals surface area contributed by atoms with Gasteiger partial charge in [-0.1, -0.05) is 12.8 Å². The first-order valence-corrected chi connectivity index (χ1v) is 5.98. The fourth-order valence-electron chi connectivity index (χ4n) is 2.04. The van der Waals surface area contributed by atoms with E-state index in [1.807, 2.05) is 0 Å². The summed E-state index contributed by atoms with van der Waals surface area (Å²) in [7, 11) is 0. The summed E-state index contributed by atoms with van der Waals surface area (Å²) in [6, 6.07) is 0. The lowest BCUT2D eigenvalue weighted by Gasteiger charge is -2.15. The molecule has 0 atom stereocenters. The van der Waals surface area contributed by atoms with E-state index in [9.17, 15) is 4.79 Å². The summed E-state index contributed by atoms with van der Waals surface area (Å²) in [5, 5.41) is 8.80. The van der Waals surface area contributed by atoms with Gasteiger partial charge < -0.3 is 9.84 Å². The second-order valence-electron chi connectivity index (χ2n) is 4.28. The molecule has 0 aromatic carbocycles. The van der Waals surface area contributed by atoms with Crippen LogP contribution in [0.4, 0.5) is 0 Å². The van der Waals surface area contributed by atoms with Crippen molar-refractivity contribution in [3.8, 4) is 5.88 Å². The summed E-state index contributed by atoms with van der Waals surface area (Å²) >= 11 is 0. The van der Waals surface area contributed by atoms with Gasteiger partial charge in [0.05, 0.1) is 12.4 Å². The van der Waals surface area contributed by atoms with Crippen LogP contribution in [-0.4, -0.2) is 27.1 Å². The van der Waals surface area contributed by atoms with Crippen molar-refractivity contribution < 1.29 is 14.6 Å². The lowest BCUT2D eigenvalue weighted by molar-refractivity contribution is 0.0687. The number of carbonyl (C=O) groups is 1. The summed E-state index contributed by atoms with van der Waals surface area (Å²) in [6.07, 6.45) is 9.70. The van der Waals surface area contributed by atoms with Crippen molar-refractivity contribution >= 4 is 5.97 Å². The molecule has 2 rings (SSSR count). The second kappa shape index (κ2) is 5.61. The van der Waals surface area contributed by atoms with E-state index in [-0.39, 0.29) is 11.8 Å². The molecule has 0 radical (unpaired) electrons. The molecule has 0 aliphatic heterocycles. The molecule has 1 saturated carbocycles. The maximum Gasteiger partial charge on any atom is 0.356 e. The van der Waals surface area contributed by atoms with Crippen LogP contribution in [0.2, 0.25) is 0 Å². The SMILES string of the molecule is O=C(O)c1cncc(OC2CCCCCC2)n1. The Balaban J connectivity index is 2.01. The Bertz CT molecular complexity index is 387. The van der Waals surface area contributed by atoms with E-state index in [2.05, 4.69) is 9.97 Å². The molecule has 0 saturated heterocycles. The topological polar surface area (TPSA) is 72.3 Å². The van der Waals surface area contributed by atoms with Crippen molar-refractivity contribution in [1.29, 1.82) is 0 Å². The molecule has 1 aliphatic carbocycles. The zero-order valence-corrected chi connectivity index (χ0v) is 9.63. The Kier molecular flexibility index (Phi) is 3.90. The summed E-state index contributed by atoms with van der Waals surface area (Å²) < 4.78 is 5.69. The van der Waals surface area contributed by atoms with E-state index >= 15 is 0 Å². The van der Waals surface area contributed by atoms with Crippen molar-refractivity contribution in [2.45, 2.75) is 44.6 Å². The minimum absolute atomic E-state index is 0.0730. The summed E-state index contributed by atoms with van der Waals surface area (Å²) in [4.78, 5) is 18.5. The van der Waals surface area contributed by atoms with Gasteiger partial charge in [0.1, 0.15) is 6.10 Å². The zero-order chi connectivity index (χ0) is 12.1. The second-order valence-corrected chi connectivity index (χ2v) is 4.28. The Morgan fingerprint density at radius 3 is 2.59 bits per heavy atom. The van der Waals surface area contributed by atoms with Crippen LogP contribution in [0.15, 0.2) is 12.4 Å². The van der Waals surface area contributed by atoms with Gasteiger partial charge in [-0.05, 0) is 25.7 Å². The van der Waals surface area contributed by atoms with E-state index in [1.165, 1.54) is 25.2 Å². The molecule has 1 N–H and O–H groups in total. The van der Waals surface area contributed by atoms with Crippen molar-refractivity contribution in [2.75, 3.05) is 0 Å². The van der Waals surface area contributed by atoms with Crippen LogP contribution in [0.25, 0.3) is 0 Å². The van der Waals surface area contributed by atoms with Crippen molar-refractivity contribution in [3.05, 3.63) is 18.1 Å². The van der Waals surface area contributed by atoms with Gasteiger partial charge in [-0.25, -0.2) is 9.78 Å². The third kappa shape index (κ3) is 3.41. The van der Waals surface area contributed by atoms with Gasteiger partial charge in [0.25, 0.3) is 0 Å². The normalized spacial score (nSPS) is 17.4. The first kappa shape index (κ1) is 11.8. The van der Waals surface area contributed by atoms with E-state index < -0.39 is 5.97 Å². The highest BCUT2D eigenvalue weighted by atomic mass is 16.5. The van der Waals surface area contributed by atoms with E-state index in [1.54, 1.807) is 0 Å². The predicted molar refractivity (Wildman–Crippen MR) is 61.1 cm³/mol. The molecule has 0 bridgehead atoms. The Morgan fingerprint density at radius 2 is 1.94 bits per heavy atom. The zero-order valence-electron chi connectivity index (χ0n) is 9.63. The molecule has 1 aliphatic rings. The largest absolute Gasteiger partial charge is 0.476 e. The molecule has 17 heavy (non-hydrogen) atoms. The van der Waals surface area contributed by atoms with Crippen LogP contribution in [0.3, 0.4) is 0 Å². The smallest absolute Gasteiger partial charge is 0.356 e. The molecule has 1 fully saturated rings. The summed E-state index contributed by atoms with van der Waals surface area (Å²) in [5.74, 6) is -0.763. The van der Waals surface area contributed by atoms with Gasteiger partial charge in [0.15, 0.2) is 5.69 Å². The molecule has 0 spiro atoms. The van der Waals surface area contributed by atoms with Crippen LogP contribution in [0.1, 0.15) is 49.0 Å². The highest BCUT2D eigenvalue weighted by molar-refractivity contribution is 5.84. The number of hydrogen-bond donors (Lipinski definition) is 1. The average molecular weight is 236 g/mol. The number of carboxylic acid groups (broad SMARTS) is 1. The van der Waals surface area contributed by atoms with Crippen LogP contribution in [0, 0.1) is 0 Å². The van der Waals surface area contributed by atoms with E-state index in [0.29, 0.717) is 5.88 Å². The molecule has 0 unspecified atom stereocenters. The minimum Gasteiger partial charge on any atom is -0.476 e. The third-order valence-electron chi connectivity index (χ3n) is 2.92. The van der Waals surface area contributed by atoms with Gasteiger partial charge in [-0.15, -0.1) is 0 Å². The van der Waals surface area contributed by atoms with E-state index in [0.717, 1.165) is 25.7 Å². The summed E-state index contributed by atoms with van der Waals surface area (Å²) in [5.41, 5.74) is -0.0730. The Labute approximate surface area is 99.9 Å². The molecule has 92 valence electrons. The van der Waals surface area contributed by atoms with Crippen LogP contribution in [0.5, 0.6) is 5.88 Å². The fraction of sp³-hybridized carbons (Fsp3) is 0.583. The molecule has 1 aromatic rings. The highest BCUT2D eigenvalue weighted by Gasteiger charge is 2.15. The fourth-order valence-corrected chi connectivity index (χ4v) is 2.04. The van der Waals surface area contributed by atoms with Crippen LogP contribution < -0.4 is 4.74 Å². The van der Waals surface area contributed by atoms with Gasteiger partial charge in [0.2, 0.25) is 5.88 Å². The Hall–Kier alpha value is -1.65. The van der Waals surface area contributed by atoms with Crippen molar-refractivity contribution in [3.63, 3.8) is 0 Å². The van der Waals surface area contributed by atoms with Gasteiger partial charge in [-0.3, -0.25) is 4.98 Å². The van der Waals surface area contributed by atoms with Gasteiger partial charge in [-0.2, -0.15) is 0 Å². The number of aromatic nitrogens is 2. The lowest BCUT2D eigenvalue weighted by Crippen LogP contribution is -2.16. The van der Waals surface area contributed by atoms with Crippen molar-refractivity contribution in [1.82, 2.24) is 9.97 Å². The highest BCUT2D eigenvalue weighted by Crippen LogP contribution is 2.21. The van der Waals surface area contributed by atoms with Crippen LogP contribution in [-0.2, 0) is 0 Å². The number of rotatable bonds is 3. The maximum atomic E-state index is 10.7. The summed E-state index contributed by atoms with van der Waals surface area (Å²) in [6.45, 7) is 0.